The first-order chi connectivity index (χ1) is 4.66. The molecule has 6 heteroatoms. The summed E-state index contributed by atoms with van der Waals surface area (Å²) in [6.07, 6.45) is 1.34. The van der Waals surface area contributed by atoms with E-state index in [-0.39, 0.29) is 12.3 Å². The second kappa shape index (κ2) is 7.70. The average molecular weight is 179 g/mol. The monoisotopic (exact) mass is 179 g/mol. The molecule has 11 heavy (non-hydrogen) atoms. The van der Waals surface area contributed by atoms with Crippen LogP contribution in [0.2, 0.25) is 0 Å². The summed E-state index contributed by atoms with van der Waals surface area (Å²) in [4.78, 5) is 8.36. The fourth-order valence-corrected chi connectivity index (χ4v) is 1.04. The van der Waals surface area contributed by atoms with Gasteiger partial charge in [0.2, 0.25) is 0 Å². The highest BCUT2D eigenvalue weighted by Crippen LogP contribution is 2.14. The van der Waals surface area contributed by atoms with E-state index >= 15 is 0 Å². The maximum atomic E-state index is 10.1. The molecule has 0 rings (SSSR count). The molecule has 6 N–H and O–H groups in total. The number of hydrogen-bond acceptors (Lipinski definition) is 4. The summed E-state index contributed by atoms with van der Waals surface area (Å²) < 4.78 is 10.1. The minimum absolute atomic E-state index is 0. The number of nitriles is 1. The molecule has 0 aliphatic heterocycles. The lowest BCUT2D eigenvalue weighted by molar-refractivity contribution is 0.499. The Kier molecular flexibility index (Phi) is 9.25. The summed E-state index contributed by atoms with van der Waals surface area (Å²) in [7, 11) is -2.35. The molecule has 0 aromatic rings. The second-order valence-corrected chi connectivity index (χ2v) is 3.31. The zero-order chi connectivity index (χ0) is 7.98. The Morgan fingerprint density at radius 3 is 2.64 bits per heavy atom. The summed E-state index contributed by atoms with van der Waals surface area (Å²) in [6.45, 7) is 0. The number of nitrogens with zero attached hydrogens (tertiary/aromatic N) is 1. The van der Waals surface area contributed by atoms with E-state index in [9.17, 15) is 4.57 Å². The molecule has 0 radical (unpaired) electrons. The first-order valence-corrected chi connectivity index (χ1v) is 4.60. The van der Waals surface area contributed by atoms with E-state index in [0.29, 0.717) is 12.8 Å². The molecule has 0 bridgehead atoms. The van der Waals surface area contributed by atoms with Gasteiger partial charge in [-0.3, -0.25) is 4.57 Å². The van der Waals surface area contributed by atoms with Crippen LogP contribution in [-0.4, -0.2) is 17.1 Å². The van der Waals surface area contributed by atoms with Gasteiger partial charge in [-0.15, -0.1) is 0 Å². The Labute approximate surface area is 66.7 Å². The van der Waals surface area contributed by atoms with E-state index in [2.05, 4.69) is 0 Å². The van der Waals surface area contributed by atoms with Gasteiger partial charge in [-0.1, -0.05) is 0 Å². The molecule has 0 fully saturated rings. The van der Waals surface area contributed by atoms with Crippen molar-refractivity contribution < 1.29 is 9.46 Å². The molecule has 0 heterocycles. The molecule has 0 aromatic carbocycles. The zero-order valence-corrected chi connectivity index (χ0v) is 7.29. The van der Waals surface area contributed by atoms with E-state index in [0.717, 1.165) is 0 Å². The maximum absolute atomic E-state index is 10.1. The lowest BCUT2D eigenvalue weighted by Crippen LogP contribution is -2.16. The Balaban J connectivity index is 0. The van der Waals surface area contributed by atoms with Crippen LogP contribution in [0, 0.1) is 11.3 Å². The Morgan fingerprint density at radius 1 is 1.73 bits per heavy atom. The smallest absolute Gasteiger partial charge is 0.189 e. The average Bonchev–Trinajstić information content (AvgIpc) is 1.87. The molecule has 0 aliphatic rings. The van der Waals surface area contributed by atoms with Gasteiger partial charge in [0.05, 0.1) is 12.1 Å². The standard InChI is InChI=1S/C5H11N2O2P.H3N/c6-4-5(7)2-1-3-10(8)9;/h5,10H,1-3,7H2,(H,8,9);1H3. The van der Waals surface area contributed by atoms with Gasteiger partial charge in [0.1, 0.15) is 0 Å². The number of rotatable bonds is 4. The van der Waals surface area contributed by atoms with Crippen molar-refractivity contribution in [2.75, 3.05) is 6.16 Å². The third-order valence-corrected chi connectivity index (χ3v) is 1.85. The fourth-order valence-electron chi connectivity index (χ4n) is 0.538. The molecule has 0 saturated heterocycles. The van der Waals surface area contributed by atoms with Crippen LogP contribution in [0.3, 0.4) is 0 Å². The summed E-state index contributed by atoms with van der Waals surface area (Å²) in [6, 6.07) is 1.36. The van der Waals surface area contributed by atoms with Gasteiger partial charge in [0.25, 0.3) is 0 Å². The van der Waals surface area contributed by atoms with Crippen LogP contribution in [0.5, 0.6) is 0 Å². The fraction of sp³-hybridized carbons (Fsp3) is 0.800. The van der Waals surface area contributed by atoms with Gasteiger partial charge in [0.15, 0.2) is 8.03 Å². The van der Waals surface area contributed by atoms with Crippen LogP contribution in [0.25, 0.3) is 0 Å². The van der Waals surface area contributed by atoms with E-state index in [1.54, 1.807) is 0 Å². The second-order valence-electron chi connectivity index (χ2n) is 2.02. The van der Waals surface area contributed by atoms with Crippen LogP contribution in [0.15, 0.2) is 0 Å². The van der Waals surface area contributed by atoms with Gasteiger partial charge in [-0.25, -0.2) is 0 Å². The van der Waals surface area contributed by atoms with Gasteiger partial charge < -0.3 is 16.8 Å². The normalized spacial score (nSPS) is 14.3. The predicted octanol–water partition coefficient (Wildman–Crippen LogP) is 0.246. The highest BCUT2D eigenvalue weighted by atomic mass is 31.1. The molecular weight excluding hydrogens is 165 g/mol. The third kappa shape index (κ3) is 9.60. The molecule has 0 aliphatic carbocycles. The first-order valence-electron chi connectivity index (χ1n) is 3.04. The predicted molar refractivity (Wildman–Crippen MR) is 43.9 cm³/mol. The molecule has 0 spiro atoms. The lowest BCUT2D eigenvalue weighted by Gasteiger charge is -1.98. The Morgan fingerprint density at radius 2 is 2.27 bits per heavy atom. The van der Waals surface area contributed by atoms with Crippen molar-refractivity contribution in [2.24, 2.45) is 5.73 Å². The van der Waals surface area contributed by atoms with Crippen molar-refractivity contribution in [3.05, 3.63) is 0 Å². The maximum Gasteiger partial charge on any atom is 0.189 e. The molecule has 0 aromatic heterocycles. The Bertz CT molecular complexity index is 156. The molecule has 66 valence electrons. The largest absolute Gasteiger partial charge is 0.346 e. The van der Waals surface area contributed by atoms with Crippen LogP contribution >= 0.6 is 8.03 Å². The first kappa shape index (κ1) is 13.2. The number of hydrogen-bond donors (Lipinski definition) is 3. The van der Waals surface area contributed by atoms with Gasteiger partial charge in [-0.2, -0.15) is 5.26 Å². The minimum Gasteiger partial charge on any atom is -0.346 e. The third-order valence-electron chi connectivity index (χ3n) is 1.07. The van der Waals surface area contributed by atoms with Gasteiger partial charge in [0, 0.05) is 6.16 Å². The van der Waals surface area contributed by atoms with Crippen molar-refractivity contribution in [3.63, 3.8) is 0 Å². The molecular formula is C5H14N3O2P. The summed E-state index contributed by atoms with van der Waals surface area (Å²) in [5.74, 6) is 0. The Hall–Kier alpha value is -0.400. The van der Waals surface area contributed by atoms with E-state index in [4.69, 9.17) is 15.9 Å². The highest BCUT2D eigenvalue weighted by Gasteiger charge is 1.99. The van der Waals surface area contributed by atoms with Crippen LogP contribution in [0.1, 0.15) is 12.8 Å². The van der Waals surface area contributed by atoms with Crippen molar-refractivity contribution in [2.45, 2.75) is 18.9 Å². The van der Waals surface area contributed by atoms with E-state index in [1.807, 2.05) is 6.07 Å². The van der Waals surface area contributed by atoms with Crippen molar-refractivity contribution in [1.29, 1.82) is 5.26 Å². The summed E-state index contributed by atoms with van der Waals surface area (Å²) >= 11 is 0. The van der Waals surface area contributed by atoms with Crippen LogP contribution < -0.4 is 11.9 Å². The minimum atomic E-state index is -2.35. The van der Waals surface area contributed by atoms with E-state index < -0.39 is 14.1 Å². The van der Waals surface area contributed by atoms with Crippen LogP contribution in [-0.2, 0) is 4.57 Å². The molecule has 2 atom stereocenters. The van der Waals surface area contributed by atoms with E-state index in [1.165, 1.54) is 0 Å². The van der Waals surface area contributed by atoms with Gasteiger partial charge >= 0.3 is 0 Å². The lowest BCUT2D eigenvalue weighted by atomic mass is 10.2. The molecule has 0 saturated carbocycles. The molecule has 2 unspecified atom stereocenters. The van der Waals surface area contributed by atoms with Crippen molar-refractivity contribution >= 4 is 8.03 Å². The number of nitrogens with two attached hydrogens (primary N) is 1. The SMILES string of the molecule is N.N#CC(N)CCC[PH](=O)O. The topological polar surface area (TPSA) is 122 Å². The summed E-state index contributed by atoms with van der Waals surface area (Å²) in [5, 5.41) is 8.19. The molecule has 0 amide bonds. The van der Waals surface area contributed by atoms with Gasteiger partial charge in [-0.05, 0) is 12.8 Å². The van der Waals surface area contributed by atoms with Crippen LogP contribution in [0.4, 0.5) is 0 Å². The van der Waals surface area contributed by atoms with Crippen molar-refractivity contribution in [1.82, 2.24) is 6.15 Å². The highest BCUT2D eigenvalue weighted by molar-refractivity contribution is 7.37. The van der Waals surface area contributed by atoms with Crippen molar-refractivity contribution in [3.8, 4) is 6.07 Å². The molecule has 5 nitrogen and oxygen atoms in total. The zero-order valence-electron chi connectivity index (χ0n) is 6.29. The quantitative estimate of drug-likeness (QED) is 0.533. The summed E-state index contributed by atoms with van der Waals surface area (Å²) in [5.41, 5.74) is 5.23.